The summed E-state index contributed by atoms with van der Waals surface area (Å²) in [5.74, 6) is 1.77. The molecule has 0 bridgehead atoms. The first-order chi connectivity index (χ1) is 11.2. The van der Waals surface area contributed by atoms with Gasteiger partial charge >= 0.3 is 0 Å². The number of ether oxygens (including phenoxy) is 1. The van der Waals surface area contributed by atoms with Crippen LogP contribution in [-0.4, -0.2) is 25.0 Å². The lowest BCUT2D eigenvalue weighted by Gasteiger charge is -2.03. The van der Waals surface area contributed by atoms with Gasteiger partial charge in [-0.15, -0.1) is 11.8 Å². The van der Waals surface area contributed by atoms with E-state index in [1.165, 1.54) is 18.0 Å². The molecule has 0 unspecified atom stereocenters. The maximum absolute atomic E-state index is 11.7. The second-order valence-electron chi connectivity index (χ2n) is 4.66. The summed E-state index contributed by atoms with van der Waals surface area (Å²) in [6.07, 6.45) is 1.54. The molecule has 0 atom stereocenters. The Kier molecular flexibility index (Phi) is 6.97. The van der Waals surface area contributed by atoms with Crippen LogP contribution in [0, 0.1) is 0 Å². The lowest BCUT2D eigenvalue weighted by molar-refractivity contribution is -0.118. The highest BCUT2D eigenvalue weighted by molar-refractivity contribution is 7.99. The first-order valence-electron chi connectivity index (χ1n) is 6.96. The third-order valence-electron chi connectivity index (χ3n) is 2.96. The zero-order chi connectivity index (χ0) is 16.5. The fraction of sp³-hybridized carbons (Fsp3) is 0.176. The number of hydrazone groups is 1. The van der Waals surface area contributed by atoms with E-state index in [0.717, 1.165) is 22.6 Å². The van der Waals surface area contributed by atoms with E-state index in [1.54, 1.807) is 13.2 Å². The number of benzene rings is 2. The van der Waals surface area contributed by atoms with Gasteiger partial charge in [0.15, 0.2) is 0 Å². The highest BCUT2D eigenvalue weighted by Crippen LogP contribution is 2.16. The summed E-state index contributed by atoms with van der Waals surface area (Å²) in [7, 11) is 1.64. The Morgan fingerprint density at radius 2 is 2.00 bits per heavy atom. The van der Waals surface area contributed by atoms with Gasteiger partial charge in [-0.25, -0.2) is 5.43 Å². The van der Waals surface area contributed by atoms with E-state index in [9.17, 15) is 4.79 Å². The van der Waals surface area contributed by atoms with Crippen LogP contribution in [0.2, 0.25) is 5.02 Å². The smallest absolute Gasteiger partial charge is 0.250 e. The molecule has 0 heterocycles. The number of halogens is 1. The van der Waals surface area contributed by atoms with Crippen molar-refractivity contribution >= 4 is 35.5 Å². The van der Waals surface area contributed by atoms with Crippen molar-refractivity contribution in [2.75, 3.05) is 12.9 Å². The highest BCUT2D eigenvalue weighted by Gasteiger charge is 2.01. The van der Waals surface area contributed by atoms with Gasteiger partial charge in [-0.2, -0.15) is 5.10 Å². The predicted molar refractivity (Wildman–Crippen MR) is 96.3 cm³/mol. The lowest BCUT2D eigenvalue weighted by Crippen LogP contribution is -2.19. The van der Waals surface area contributed by atoms with Crippen LogP contribution in [0.4, 0.5) is 0 Å². The number of thioether (sulfide) groups is 1. The van der Waals surface area contributed by atoms with E-state index in [4.69, 9.17) is 16.3 Å². The zero-order valence-electron chi connectivity index (χ0n) is 12.7. The van der Waals surface area contributed by atoms with Gasteiger partial charge in [-0.05, 0) is 23.8 Å². The number of methoxy groups -OCH3 is 1. The van der Waals surface area contributed by atoms with E-state index >= 15 is 0 Å². The Morgan fingerprint density at radius 1 is 1.26 bits per heavy atom. The number of rotatable bonds is 7. The van der Waals surface area contributed by atoms with E-state index in [0.29, 0.717) is 10.8 Å². The van der Waals surface area contributed by atoms with Gasteiger partial charge in [0.05, 0.1) is 19.1 Å². The van der Waals surface area contributed by atoms with Crippen LogP contribution >= 0.6 is 23.4 Å². The van der Waals surface area contributed by atoms with Gasteiger partial charge in [-0.3, -0.25) is 4.79 Å². The van der Waals surface area contributed by atoms with Gasteiger partial charge in [0.2, 0.25) is 5.91 Å². The summed E-state index contributed by atoms with van der Waals surface area (Å²) >= 11 is 7.52. The number of nitrogens with zero attached hydrogens (tertiary/aromatic N) is 1. The van der Waals surface area contributed by atoms with Crippen LogP contribution in [-0.2, 0) is 10.5 Å². The van der Waals surface area contributed by atoms with Crippen LogP contribution < -0.4 is 10.2 Å². The van der Waals surface area contributed by atoms with Crippen molar-refractivity contribution in [3.8, 4) is 5.75 Å². The van der Waals surface area contributed by atoms with Crippen molar-refractivity contribution in [3.63, 3.8) is 0 Å². The summed E-state index contributed by atoms with van der Waals surface area (Å²) in [6, 6.07) is 15.1. The average Bonchev–Trinajstić information content (AvgIpc) is 2.57. The molecule has 120 valence electrons. The minimum atomic E-state index is -0.146. The van der Waals surface area contributed by atoms with Crippen molar-refractivity contribution in [1.29, 1.82) is 0 Å². The minimum absolute atomic E-state index is 0.146. The average molecular weight is 349 g/mol. The molecule has 0 aromatic heterocycles. The van der Waals surface area contributed by atoms with Gasteiger partial charge < -0.3 is 4.74 Å². The minimum Gasteiger partial charge on any atom is -0.497 e. The quantitative estimate of drug-likeness (QED) is 0.612. The molecule has 2 aromatic carbocycles. The third-order valence-corrected chi connectivity index (χ3v) is 4.31. The first kappa shape index (κ1) is 17.4. The Labute approximate surface area is 144 Å². The van der Waals surface area contributed by atoms with Crippen molar-refractivity contribution in [2.24, 2.45) is 5.10 Å². The van der Waals surface area contributed by atoms with Crippen molar-refractivity contribution < 1.29 is 9.53 Å². The van der Waals surface area contributed by atoms with Crippen LogP contribution in [0.3, 0.4) is 0 Å². The number of hydrogen-bond acceptors (Lipinski definition) is 4. The van der Waals surface area contributed by atoms with Gasteiger partial charge in [0.25, 0.3) is 0 Å². The molecule has 2 aromatic rings. The molecular weight excluding hydrogens is 332 g/mol. The molecule has 2 rings (SSSR count). The lowest BCUT2D eigenvalue weighted by atomic mass is 10.2. The number of amides is 1. The van der Waals surface area contributed by atoms with E-state index in [-0.39, 0.29) is 5.91 Å². The largest absolute Gasteiger partial charge is 0.497 e. The van der Waals surface area contributed by atoms with E-state index < -0.39 is 0 Å². The summed E-state index contributed by atoms with van der Waals surface area (Å²) in [5.41, 5.74) is 4.40. The summed E-state index contributed by atoms with van der Waals surface area (Å²) < 4.78 is 5.10. The summed E-state index contributed by atoms with van der Waals surface area (Å²) in [6.45, 7) is 0. The van der Waals surface area contributed by atoms with E-state index in [2.05, 4.69) is 10.5 Å². The molecular formula is C17H17ClN2O2S. The standard InChI is InChI=1S/C17H17ClN2O2S/c1-22-15-8-6-13(7-9-15)11-23-12-17(21)20-19-10-14-4-2-3-5-16(14)18/h2-10H,11-12H2,1H3,(H,20,21)/b19-10-. The molecule has 0 saturated carbocycles. The Balaban J connectivity index is 1.71. The van der Waals surface area contributed by atoms with Gasteiger partial charge in [0.1, 0.15) is 5.75 Å². The molecule has 0 aliphatic rings. The molecule has 0 aliphatic heterocycles. The maximum atomic E-state index is 11.7. The van der Waals surface area contributed by atoms with Crippen LogP contribution in [0.25, 0.3) is 0 Å². The van der Waals surface area contributed by atoms with Crippen LogP contribution in [0.1, 0.15) is 11.1 Å². The molecule has 0 spiro atoms. The molecule has 0 saturated heterocycles. The van der Waals surface area contributed by atoms with Crippen molar-refractivity contribution in [2.45, 2.75) is 5.75 Å². The highest BCUT2D eigenvalue weighted by atomic mass is 35.5. The second kappa shape index (κ2) is 9.22. The normalized spacial score (nSPS) is 10.7. The monoisotopic (exact) mass is 348 g/mol. The van der Waals surface area contributed by atoms with Gasteiger partial charge in [-0.1, -0.05) is 41.9 Å². The molecule has 0 fully saturated rings. The molecule has 1 N–H and O–H groups in total. The van der Waals surface area contributed by atoms with Crippen molar-refractivity contribution in [3.05, 3.63) is 64.7 Å². The topological polar surface area (TPSA) is 50.7 Å². The predicted octanol–water partition coefficient (Wildman–Crippen LogP) is 3.73. The molecule has 23 heavy (non-hydrogen) atoms. The number of carbonyl (C=O) groups is 1. The third kappa shape index (κ3) is 5.96. The maximum Gasteiger partial charge on any atom is 0.250 e. The van der Waals surface area contributed by atoms with E-state index in [1.807, 2.05) is 42.5 Å². The van der Waals surface area contributed by atoms with Crippen molar-refractivity contribution in [1.82, 2.24) is 5.43 Å². The fourth-order valence-electron chi connectivity index (χ4n) is 1.77. The molecule has 4 nitrogen and oxygen atoms in total. The zero-order valence-corrected chi connectivity index (χ0v) is 14.2. The molecule has 1 amide bonds. The first-order valence-corrected chi connectivity index (χ1v) is 8.49. The Bertz CT molecular complexity index is 675. The summed E-state index contributed by atoms with van der Waals surface area (Å²) in [5, 5.41) is 4.51. The van der Waals surface area contributed by atoms with Crippen LogP contribution in [0.15, 0.2) is 53.6 Å². The molecule has 0 radical (unpaired) electrons. The fourth-order valence-corrected chi connectivity index (χ4v) is 2.73. The Hall–Kier alpha value is -1.98. The van der Waals surface area contributed by atoms with Gasteiger partial charge in [0, 0.05) is 16.3 Å². The molecule has 6 heteroatoms. The number of nitrogens with one attached hydrogen (secondary N) is 1. The summed E-state index contributed by atoms with van der Waals surface area (Å²) in [4.78, 5) is 11.7. The number of hydrogen-bond donors (Lipinski definition) is 1. The Morgan fingerprint density at radius 3 is 2.70 bits per heavy atom. The SMILES string of the molecule is COc1ccc(CSCC(=O)N/N=C\c2ccccc2Cl)cc1. The number of carbonyl (C=O) groups excluding carboxylic acids is 1. The van der Waals surface area contributed by atoms with Crippen LogP contribution in [0.5, 0.6) is 5.75 Å². The second-order valence-corrected chi connectivity index (χ2v) is 6.05. The molecule has 0 aliphatic carbocycles.